The number of carbonyl (C=O) groups is 1. The lowest BCUT2D eigenvalue weighted by atomic mass is 9.64. The molecule has 9 heteroatoms. The van der Waals surface area contributed by atoms with E-state index in [1.54, 1.807) is 30.5 Å². The Labute approximate surface area is 223 Å². The highest BCUT2D eigenvalue weighted by Crippen LogP contribution is 2.48. The number of hydrogen-bond acceptors (Lipinski definition) is 6. The Morgan fingerprint density at radius 1 is 1.08 bits per heavy atom. The molecule has 1 atom stereocenters. The number of aromatic nitrogens is 1. The fourth-order valence-electron chi connectivity index (χ4n) is 4.91. The van der Waals surface area contributed by atoms with Gasteiger partial charge in [-0.15, -0.1) is 0 Å². The van der Waals surface area contributed by atoms with Crippen molar-refractivity contribution in [3.63, 3.8) is 0 Å². The highest BCUT2D eigenvalue weighted by Gasteiger charge is 2.49. The molecule has 5 rings (SSSR count). The highest BCUT2D eigenvalue weighted by molar-refractivity contribution is 7.97. The fraction of sp³-hybridized carbons (Fsp3) is 0.207. The van der Waals surface area contributed by atoms with Crippen molar-refractivity contribution in [2.24, 2.45) is 16.1 Å². The summed E-state index contributed by atoms with van der Waals surface area (Å²) in [7, 11) is 0. The van der Waals surface area contributed by atoms with Crippen LogP contribution in [-0.2, 0) is 6.18 Å². The lowest BCUT2D eigenvalue weighted by Crippen LogP contribution is -2.49. The zero-order chi connectivity index (χ0) is 26.8. The molecule has 1 aliphatic carbocycles. The second-order valence-electron chi connectivity index (χ2n) is 9.23. The number of carbonyl (C=O) groups excluding carboxylic acids is 1. The molecule has 38 heavy (non-hydrogen) atoms. The molecule has 5 nitrogen and oxygen atoms in total. The zero-order valence-corrected chi connectivity index (χ0v) is 21.2. The van der Waals surface area contributed by atoms with Gasteiger partial charge in [0.15, 0.2) is 5.78 Å². The normalized spacial score (nSPS) is 22.2. The number of rotatable bonds is 5. The number of benzene rings is 2. The molecule has 2 heterocycles. The molecule has 2 N–H and O–H groups in total. The van der Waals surface area contributed by atoms with Gasteiger partial charge in [0.25, 0.3) is 0 Å². The van der Waals surface area contributed by atoms with E-state index in [1.807, 2.05) is 40.7 Å². The summed E-state index contributed by atoms with van der Waals surface area (Å²) in [6, 6.07) is 20.0. The molecule has 1 saturated heterocycles. The van der Waals surface area contributed by atoms with Crippen molar-refractivity contribution >= 4 is 29.1 Å². The van der Waals surface area contributed by atoms with Gasteiger partial charge in [-0.25, -0.2) is 9.30 Å². The molecule has 0 amide bonds. The summed E-state index contributed by atoms with van der Waals surface area (Å²) in [5.41, 5.74) is 7.86. The van der Waals surface area contributed by atoms with Crippen LogP contribution in [0.3, 0.4) is 0 Å². The number of nitrogens with two attached hydrogens (primary N) is 1. The molecule has 2 aromatic carbocycles. The third kappa shape index (κ3) is 5.30. The summed E-state index contributed by atoms with van der Waals surface area (Å²) in [6.45, 7) is 0.857. The van der Waals surface area contributed by atoms with E-state index in [0.29, 0.717) is 42.2 Å². The van der Waals surface area contributed by atoms with Crippen LogP contribution in [0, 0.1) is 5.41 Å². The molecule has 0 saturated carbocycles. The molecular formula is C29H25F3N4OS. The van der Waals surface area contributed by atoms with Crippen LogP contribution in [0.4, 0.5) is 18.9 Å². The van der Waals surface area contributed by atoms with Crippen LogP contribution in [0.1, 0.15) is 28.9 Å². The number of fused-ring (bicyclic) bond motifs is 1. The summed E-state index contributed by atoms with van der Waals surface area (Å²) in [5.74, 6) is -0.142. The minimum absolute atomic E-state index is 0.142. The first-order chi connectivity index (χ1) is 18.3. The van der Waals surface area contributed by atoms with Gasteiger partial charge in [-0.1, -0.05) is 35.9 Å². The topological polar surface area (TPSA) is 71.6 Å². The van der Waals surface area contributed by atoms with Gasteiger partial charge < -0.3 is 5.73 Å². The minimum atomic E-state index is -4.43. The summed E-state index contributed by atoms with van der Waals surface area (Å²) >= 11 is 1.23. The maximum Gasteiger partial charge on any atom is 0.416 e. The Hall–Kier alpha value is -3.69. The number of hydrogen-bond donors (Lipinski definition) is 1. The van der Waals surface area contributed by atoms with E-state index in [9.17, 15) is 18.0 Å². The van der Waals surface area contributed by atoms with Gasteiger partial charge in [0.05, 0.1) is 22.4 Å². The van der Waals surface area contributed by atoms with E-state index in [4.69, 9.17) is 10.7 Å². The molecule has 3 aromatic rings. The van der Waals surface area contributed by atoms with Gasteiger partial charge in [-0.2, -0.15) is 13.2 Å². The molecule has 1 aliphatic heterocycles. The second-order valence-corrected chi connectivity index (χ2v) is 10.4. The number of aliphatic imine (C=N–C) groups is 1. The SMILES string of the molecule is NC=C1CC2(C(=O)c3ccccn3)CN(Sc3cccc(C(F)(F)F)c3)CCC2=CC1=Nc1ccccc1. The average molecular weight is 535 g/mol. The third-order valence-corrected chi connectivity index (χ3v) is 7.79. The van der Waals surface area contributed by atoms with Crippen LogP contribution in [0.5, 0.6) is 0 Å². The molecule has 0 spiro atoms. The fourth-order valence-corrected chi connectivity index (χ4v) is 5.99. The van der Waals surface area contributed by atoms with Crippen molar-refractivity contribution < 1.29 is 18.0 Å². The van der Waals surface area contributed by atoms with E-state index in [2.05, 4.69) is 4.98 Å². The summed E-state index contributed by atoms with van der Waals surface area (Å²) < 4.78 is 41.8. The standard InChI is InChI=1S/C29H25F3N4OS/c30-29(31,32)22-7-6-10-24(15-22)38-36-14-12-21-16-26(35-23-8-2-1-3-9-23)20(18-33)17-28(21,19-36)27(37)25-11-4-5-13-34-25/h1-11,13,15-16,18H,12,14,17,19,33H2. The van der Waals surface area contributed by atoms with Crippen LogP contribution in [-0.4, -0.2) is 33.9 Å². The van der Waals surface area contributed by atoms with Crippen molar-refractivity contribution in [1.82, 2.24) is 9.29 Å². The molecule has 1 fully saturated rings. The van der Waals surface area contributed by atoms with E-state index in [-0.39, 0.29) is 5.78 Å². The van der Waals surface area contributed by atoms with Gasteiger partial charge in [0.2, 0.25) is 0 Å². The molecule has 0 radical (unpaired) electrons. The maximum absolute atomic E-state index is 14.1. The number of halogens is 3. The van der Waals surface area contributed by atoms with Crippen LogP contribution >= 0.6 is 11.9 Å². The minimum Gasteiger partial charge on any atom is -0.404 e. The first-order valence-electron chi connectivity index (χ1n) is 12.1. The lowest BCUT2D eigenvalue weighted by molar-refractivity contribution is -0.137. The van der Waals surface area contributed by atoms with E-state index >= 15 is 0 Å². The van der Waals surface area contributed by atoms with Crippen LogP contribution < -0.4 is 5.73 Å². The van der Waals surface area contributed by atoms with Crippen molar-refractivity contribution in [3.05, 3.63) is 114 Å². The average Bonchev–Trinajstić information content (AvgIpc) is 2.93. The van der Waals surface area contributed by atoms with Gasteiger partial charge in [0.1, 0.15) is 5.69 Å². The van der Waals surface area contributed by atoms with Crippen LogP contribution in [0.15, 0.2) is 112 Å². The molecule has 1 unspecified atom stereocenters. The number of para-hydroxylation sites is 1. The molecule has 0 bridgehead atoms. The predicted octanol–water partition coefficient (Wildman–Crippen LogP) is 6.63. The largest absolute Gasteiger partial charge is 0.416 e. The number of Topliss-reactive ketones (excluding diaryl/α,β-unsaturated/α-hetero) is 1. The molecule has 2 aliphatic rings. The van der Waals surface area contributed by atoms with Gasteiger partial charge >= 0.3 is 6.18 Å². The van der Waals surface area contributed by atoms with E-state index in [1.165, 1.54) is 24.2 Å². The maximum atomic E-state index is 14.1. The quantitative estimate of drug-likeness (QED) is 0.294. The van der Waals surface area contributed by atoms with Gasteiger partial charge in [-0.3, -0.25) is 9.78 Å². The smallest absolute Gasteiger partial charge is 0.404 e. The number of ketones is 1. The number of piperidine rings is 1. The molecule has 194 valence electrons. The lowest BCUT2D eigenvalue weighted by Gasteiger charge is -2.45. The number of alkyl halides is 3. The van der Waals surface area contributed by atoms with Crippen molar-refractivity contribution in [2.45, 2.75) is 23.9 Å². The number of nitrogens with zero attached hydrogens (tertiary/aromatic N) is 3. The molecule has 1 aromatic heterocycles. The third-order valence-electron chi connectivity index (χ3n) is 6.76. The summed E-state index contributed by atoms with van der Waals surface area (Å²) in [4.78, 5) is 23.6. The highest BCUT2D eigenvalue weighted by atomic mass is 32.2. The summed E-state index contributed by atoms with van der Waals surface area (Å²) in [5, 5.41) is 0. The first-order valence-corrected chi connectivity index (χ1v) is 12.9. The van der Waals surface area contributed by atoms with Crippen molar-refractivity contribution in [1.29, 1.82) is 0 Å². The Balaban J connectivity index is 1.53. The first kappa shape index (κ1) is 25.9. The van der Waals surface area contributed by atoms with E-state index < -0.39 is 17.2 Å². The number of pyridine rings is 1. The Bertz CT molecular complexity index is 1420. The molecular weight excluding hydrogens is 509 g/mol. The monoisotopic (exact) mass is 534 g/mol. The Morgan fingerprint density at radius 2 is 1.87 bits per heavy atom. The van der Waals surface area contributed by atoms with Gasteiger partial charge in [0, 0.05) is 24.2 Å². The summed E-state index contributed by atoms with van der Waals surface area (Å²) in [6.07, 6.45) is 1.45. The number of allylic oxidation sites excluding steroid dienone is 2. The van der Waals surface area contributed by atoms with E-state index in [0.717, 1.165) is 29.0 Å². The Morgan fingerprint density at radius 3 is 2.58 bits per heavy atom. The zero-order valence-electron chi connectivity index (χ0n) is 20.4. The van der Waals surface area contributed by atoms with Crippen LogP contribution in [0.25, 0.3) is 0 Å². The second kappa shape index (κ2) is 10.6. The van der Waals surface area contributed by atoms with Crippen molar-refractivity contribution in [3.8, 4) is 0 Å². The van der Waals surface area contributed by atoms with Gasteiger partial charge in [-0.05, 0) is 85.1 Å². The predicted molar refractivity (Wildman–Crippen MR) is 143 cm³/mol. The van der Waals surface area contributed by atoms with Crippen molar-refractivity contribution in [2.75, 3.05) is 13.1 Å². The van der Waals surface area contributed by atoms with Crippen LogP contribution in [0.2, 0.25) is 0 Å². The Kier molecular flexibility index (Phi) is 7.23.